The normalized spacial score (nSPS) is 13.8. The molecular formula is C16H16N2O2. The van der Waals surface area contributed by atoms with Gasteiger partial charge in [-0.3, -0.25) is 9.78 Å². The number of amides is 1. The number of methoxy groups -OCH3 is 1. The minimum absolute atomic E-state index is 0.00390. The predicted octanol–water partition coefficient (Wildman–Crippen LogP) is 2.68. The van der Waals surface area contributed by atoms with Crippen molar-refractivity contribution in [2.24, 2.45) is 0 Å². The maximum Gasteiger partial charge on any atom is 0.259 e. The van der Waals surface area contributed by atoms with E-state index in [0.717, 1.165) is 36.4 Å². The Balaban J connectivity index is 1.96. The highest BCUT2D eigenvalue weighted by molar-refractivity contribution is 6.06. The number of aryl methyl sites for hydroxylation is 1. The summed E-state index contributed by atoms with van der Waals surface area (Å²) >= 11 is 0. The van der Waals surface area contributed by atoms with E-state index in [4.69, 9.17) is 4.74 Å². The van der Waals surface area contributed by atoms with Gasteiger partial charge in [0.25, 0.3) is 5.91 Å². The van der Waals surface area contributed by atoms with E-state index in [1.165, 1.54) is 0 Å². The fourth-order valence-corrected chi connectivity index (χ4v) is 2.56. The van der Waals surface area contributed by atoms with E-state index in [-0.39, 0.29) is 5.91 Å². The number of pyridine rings is 1. The average molecular weight is 268 g/mol. The third-order valence-corrected chi connectivity index (χ3v) is 3.56. The molecule has 3 rings (SSSR count). The van der Waals surface area contributed by atoms with Crippen molar-refractivity contribution in [1.29, 1.82) is 0 Å². The van der Waals surface area contributed by atoms with Gasteiger partial charge in [0.1, 0.15) is 5.75 Å². The quantitative estimate of drug-likeness (QED) is 0.841. The Labute approximate surface area is 118 Å². The average Bonchev–Trinajstić information content (AvgIpc) is 2.54. The van der Waals surface area contributed by atoms with Crippen LogP contribution in [-0.4, -0.2) is 24.5 Å². The molecule has 0 bridgehead atoms. The topological polar surface area (TPSA) is 42.4 Å². The van der Waals surface area contributed by atoms with Crippen LogP contribution < -0.4 is 9.64 Å². The van der Waals surface area contributed by atoms with Gasteiger partial charge in [-0.2, -0.15) is 0 Å². The Bertz CT molecular complexity index is 626. The molecule has 102 valence electrons. The van der Waals surface area contributed by atoms with Crippen LogP contribution in [-0.2, 0) is 6.42 Å². The molecule has 0 spiro atoms. The van der Waals surface area contributed by atoms with Crippen molar-refractivity contribution < 1.29 is 9.53 Å². The van der Waals surface area contributed by atoms with Gasteiger partial charge in [0.05, 0.1) is 12.7 Å². The summed E-state index contributed by atoms with van der Waals surface area (Å²) in [6.45, 7) is 0.743. The summed E-state index contributed by atoms with van der Waals surface area (Å²) in [5, 5.41) is 0. The van der Waals surface area contributed by atoms with Gasteiger partial charge in [0.15, 0.2) is 0 Å². The highest BCUT2D eigenvalue weighted by Crippen LogP contribution is 2.31. The van der Waals surface area contributed by atoms with Gasteiger partial charge >= 0.3 is 0 Å². The first-order valence-electron chi connectivity index (χ1n) is 6.68. The third-order valence-electron chi connectivity index (χ3n) is 3.56. The summed E-state index contributed by atoms with van der Waals surface area (Å²) < 4.78 is 5.25. The highest BCUT2D eigenvalue weighted by atomic mass is 16.5. The molecule has 4 heteroatoms. The fraction of sp³-hybridized carbons (Fsp3) is 0.250. The molecule has 0 fully saturated rings. The third kappa shape index (κ3) is 2.25. The molecule has 1 amide bonds. The predicted molar refractivity (Wildman–Crippen MR) is 77.2 cm³/mol. The Morgan fingerprint density at radius 2 is 2.25 bits per heavy atom. The summed E-state index contributed by atoms with van der Waals surface area (Å²) in [6.07, 6.45) is 5.22. The van der Waals surface area contributed by atoms with Crippen molar-refractivity contribution >= 4 is 11.6 Å². The lowest BCUT2D eigenvalue weighted by Crippen LogP contribution is -2.35. The van der Waals surface area contributed by atoms with E-state index in [9.17, 15) is 4.79 Å². The second kappa shape index (κ2) is 5.33. The first-order chi connectivity index (χ1) is 9.79. The van der Waals surface area contributed by atoms with Crippen LogP contribution in [0.15, 0.2) is 42.7 Å². The van der Waals surface area contributed by atoms with Gasteiger partial charge in [-0.05, 0) is 48.7 Å². The van der Waals surface area contributed by atoms with E-state index < -0.39 is 0 Å². The number of nitrogens with zero attached hydrogens (tertiary/aromatic N) is 2. The Morgan fingerprint density at radius 1 is 1.35 bits per heavy atom. The number of hydrogen-bond acceptors (Lipinski definition) is 3. The van der Waals surface area contributed by atoms with Crippen LogP contribution in [0.25, 0.3) is 0 Å². The number of anilines is 1. The lowest BCUT2D eigenvalue weighted by atomic mass is 10.0. The lowest BCUT2D eigenvalue weighted by molar-refractivity contribution is 0.0984. The molecule has 0 radical (unpaired) electrons. The fourth-order valence-electron chi connectivity index (χ4n) is 2.56. The largest absolute Gasteiger partial charge is 0.497 e. The minimum Gasteiger partial charge on any atom is -0.497 e. The van der Waals surface area contributed by atoms with E-state index in [2.05, 4.69) is 4.98 Å². The molecule has 2 heterocycles. The van der Waals surface area contributed by atoms with Crippen LogP contribution in [0, 0.1) is 0 Å². The van der Waals surface area contributed by atoms with E-state index in [0.29, 0.717) is 5.56 Å². The van der Waals surface area contributed by atoms with Crippen molar-refractivity contribution in [1.82, 2.24) is 4.98 Å². The van der Waals surface area contributed by atoms with Gasteiger partial charge in [-0.15, -0.1) is 0 Å². The molecule has 1 aromatic heterocycles. The van der Waals surface area contributed by atoms with E-state index in [1.54, 1.807) is 31.6 Å². The molecule has 0 N–H and O–H groups in total. The van der Waals surface area contributed by atoms with Crippen LogP contribution >= 0.6 is 0 Å². The zero-order valence-electron chi connectivity index (χ0n) is 11.4. The van der Waals surface area contributed by atoms with Gasteiger partial charge in [0, 0.05) is 24.6 Å². The van der Waals surface area contributed by atoms with Gasteiger partial charge in [0.2, 0.25) is 0 Å². The first kappa shape index (κ1) is 12.7. The number of ether oxygens (including phenoxy) is 1. The number of rotatable bonds is 2. The van der Waals surface area contributed by atoms with E-state index >= 15 is 0 Å². The minimum atomic E-state index is 0.00390. The zero-order valence-corrected chi connectivity index (χ0v) is 11.4. The summed E-state index contributed by atoms with van der Waals surface area (Å²) in [5.74, 6) is 0.837. The van der Waals surface area contributed by atoms with Crippen LogP contribution in [0.2, 0.25) is 0 Å². The molecule has 0 aliphatic carbocycles. The van der Waals surface area contributed by atoms with Gasteiger partial charge in [-0.25, -0.2) is 0 Å². The molecule has 0 atom stereocenters. The second-order valence-corrected chi connectivity index (χ2v) is 4.80. The van der Waals surface area contributed by atoms with Crippen molar-refractivity contribution in [3.8, 4) is 5.75 Å². The van der Waals surface area contributed by atoms with Crippen LogP contribution in [0.3, 0.4) is 0 Å². The number of hydrogen-bond donors (Lipinski definition) is 0. The zero-order chi connectivity index (χ0) is 13.9. The first-order valence-corrected chi connectivity index (χ1v) is 6.68. The van der Waals surface area contributed by atoms with Crippen LogP contribution in [0.4, 0.5) is 5.69 Å². The van der Waals surface area contributed by atoms with Gasteiger partial charge < -0.3 is 9.64 Å². The Morgan fingerprint density at radius 3 is 3.00 bits per heavy atom. The maximum atomic E-state index is 12.6. The van der Waals surface area contributed by atoms with Crippen LogP contribution in [0.1, 0.15) is 22.3 Å². The Kier molecular flexibility index (Phi) is 3.37. The number of carbonyl (C=O) groups is 1. The maximum absolute atomic E-state index is 12.6. The summed E-state index contributed by atoms with van der Waals surface area (Å²) in [6, 6.07) is 9.45. The molecule has 4 nitrogen and oxygen atoms in total. The number of aromatic nitrogens is 1. The molecular weight excluding hydrogens is 252 g/mol. The van der Waals surface area contributed by atoms with Gasteiger partial charge in [-0.1, -0.05) is 0 Å². The summed E-state index contributed by atoms with van der Waals surface area (Å²) in [4.78, 5) is 18.4. The molecule has 1 aromatic carbocycles. The molecule has 1 aliphatic rings. The monoisotopic (exact) mass is 268 g/mol. The molecule has 0 saturated carbocycles. The molecule has 20 heavy (non-hydrogen) atoms. The molecule has 2 aromatic rings. The lowest BCUT2D eigenvalue weighted by Gasteiger charge is -2.29. The van der Waals surface area contributed by atoms with Crippen molar-refractivity contribution in [3.63, 3.8) is 0 Å². The molecule has 0 unspecified atom stereocenters. The van der Waals surface area contributed by atoms with Crippen LogP contribution in [0.5, 0.6) is 5.75 Å². The highest BCUT2D eigenvalue weighted by Gasteiger charge is 2.23. The number of carbonyl (C=O) groups excluding carboxylic acids is 1. The number of benzene rings is 1. The summed E-state index contributed by atoms with van der Waals surface area (Å²) in [7, 11) is 1.66. The standard InChI is InChI=1S/C16H16N2O2/c1-20-14-6-7-15-12(10-14)5-3-9-18(15)16(19)13-4-2-8-17-11-13/h2,4,6-8,10-11H,3,5,9H2,1H3. The van der Waals surface area contributed by atoms with Crippen molar-refractivity contribution in [2.75, 3.05) is 18.6 Å². The van der Waals surface area contributed by atoms with Crippen molar-refractivity contribution in [2.45, 2.75) is 12.8 Å². The van der Waals surface area contributed by atoms with Crippen molar-refractivity contribution in [3.05, 3.63) is 53.9 Å². The molecule has 0 saturated heterocycles. The Hall–Kier alpha value is -2.36. The summed E-state index contributed by atoms with van der Waals surface area (Å²) in [5.41, 5.74) is 2.76. The number of fused-ring (bicyclic) bond motifs is 1. The van der Waals surface area contributed by atoms with E-state index in [1.807, 2.05) is 23.1 Å². The second-order valence-electron chi connectivity index (χ2n) is 4.80. The smallest absolute Gasteiger partial charge is 0.259 e. The molecule has 1 aliphatic heterocycles. The SMILES string of the molecule is COc1ccc2c(c1)CCCN2C(=O)c1cccnc1.